The number of nitrogens with zero attached hydrogens (tertiary/aromatic N) is 4. The third kappa shape index (κ3) is 2.57. The van der Waals surface area contributed by atoms with Gasteiger partial charge in [0.25, 0.3) is 0 Å². The number of hydrogen-bond donors (Lipinski definition) is 0. The summed E-state index contributed by atoms with van der Waals surface area (Å²) in [5, 5.41) is 0. The van der Waals surface area contributed by atoms with Gasteiger partial charge in [-0.25, -0.2) is 14.4 Å². The maximum absolute atomic E-state index is 13.4. The van der Waals surface area contributed by atoms with Gasteiger partial charge < -0.3 is 0 Å². The Morgan fingerprint density at radius 2 is 1.91 bits per heavy atom. The first-order valence-electron chi connectivity index (χ1n) is 7.28. The highest BCUT2D eigenvalue weighted by atomic mass is 19.1. The van der Waals surface area contributed by atoms with Crippen molar-refractivity contribution in [2.75, 3.05) is 0 Å². The fourth-order valence-electron chi connectivity index (χ4n) is 2.66. The third-order valence-corrected chi connectivity index (χ3v) is 3.64. The lowest BCUT2D eigenvalue weighted by atomic mass is 10.1. The van der Waals surface area contributed by atoms with Gasteiger partial charge in [0.2, 0.25) is 0 Å². The lowest BCUT2D eigenvalue weighted by Crippen LogP contribution is -2.03. The average molecular weight is 304 g/mol. The molecular weight excluding hydrogens is 291 g/mol. The van der Waals surface area contributed by atoms with E-state index in [0.29, 0.717) is 6.42 Å². The maximum atomic E-state index is 13.4. The molecule has 0 saturated carbocycles. The van der Waals surface area contributed by atoms with Gasteiger partial charge in [0, 0.05) is 18.8 Å². The summed E-state index contributed by atoms with van der Waals surface area (Å²) in [7, 11) is 0. The maximum Gasteiger partial charge on any atom is 0.164 e. The van der Waals surface area contributed by atoms with Crippen LogP contribution in [0.4, 0.5) is 4.39 Å². The van der Waals surface area contributed by atoms with Crippen LogP contribution >= 0.6 is 0 Å². The van der Waals surface area contributed by atoms with Crippen molar-refractivity contribution in [1.29, 1.82) is 0 Å². The summed E-state index contributed by atoms with van der Waals surface area (Å²) in [6.45, 7) is 0. The van der Waals surface area contributed by atoms with Crippen molar-refractivity contribution in [3.05, 3.63) is 84.3 Å². The zero-order valence-electron chi connectivity index (χ0n) is 12.2. The molecular formula is C18H13FN4. The topological polar surface area (TPSA) is 43.6 Å². The molecule has 0 aliphatic heterocycles. The highest BCUT2D eigenvalue weighted by Crippen LogP contribution is 2.21. The molecule has 0 N–H and O–H groups in total. The van der Waals surface area contributed by atoms with Gasteiger partial charge in [-0.05, 0) is 42.0 Å². The number of fused-ring (bicyclic) bond motifs is 1. The van der Waals surface area contributed by atoms with Crippen LogP contribution in [0.5, 0.6) is 0 Å². The fourth-order valence-corrected chi connectivity index (χ4v) is 2.66. The van der Waals surface area contributed by atoms with Crippen molar-refractivity contribution in [3.8, 4) is 5.69 Å². The highest BCUT2D eigenvalue weighted by molar-refractivity contribution is 5.73. The van der Waals surface area contributed by atoms with E-state index in [0.717, 1.165) is 28.2 Å². The Balaban J connectivity index is 1.89. The quantitative estimate of drug-likeness (QED) is 0.581. The summed E-state index contributed by atoms with van der Waals surface area (Å²) in [5.41, 5.74) is 3.33. The van der Waals surface area contributed by atoms with Crippen LogP contribution in [0.2, 0.25) is 0 Å². The van der Waals surface area contributed by atoms with Crippen molar-refractivity contribution >= 4 is 11.2 Å². The van der Waals surface area contributed by atoms with E-state index < -0.39 is 0 Å². The molecule has 0 unspecified atom stereocenters. The second-order valence-electron chi connectivity index (χ2n) is 5.23. The number of imidazole rings is 1. The lowest BCUT2D eigenvalue weighted by molar-refractivity contribution is 0.625. The molecule has 4 aromatic rings. The van der Waals surface area contributed by atoms with Crippen molar-refractivity contribution in [2.45, 2.75) is 6.42 Å². The molecule has 0 fully saturated rings. The Morgan fingerprint density at radius 1 is 1.00 bits per heavy atom. The van der Waals surface area contributed by atoms with E-state index in [1.54, 1.807) is 24.7 Å². The van der Waals surface area contributed by atoms with Crippen molar-refractivity contribution < 1.29 is 4.39 Å². The zero-order valence-corrected chi connectivity index (χ0v) is 12.2. The predicted octanol–water partition coefficient (Wildman–Crippen LogP) is 3.55. The molecule has 0 bridgehead atoms. The summed E-state index contributed by atoms with van der Waals surface area (Å²) in [4.78, 5) is 13.3. The second kappa shape index (κ2) is 5.61. The molecule has 23 heavy (non-hydrogen) atoms. The average Bonchev–Trinajstić information content (AvgIpc) is 2.93. The van der Waals surface area contributed by atoms with Gasteiger partial charge in [0.1, 0.15) is 17.2 Å². The van der Waals surface area contributed by atoms with Gasteiger partial charge in [-0.15, -0.1) is 0 Å². The van der Waals surface area contributed by atoms with E-state index in [-0.39, 0.29) is 5.82 Å². The molecule has 3 aromatic heterocycles. The van der Waals surface area contributed by atoms with Crippen LogP contribution in [0.15, 0.2) is 67.1 Å². The number of aromatic nitrogens is 4. The number of benzene rings is 1. The van der Waals surface area contributed by atoms with Crippen molar-refractivity contribution in [1.82, 2.24) is 19.5 Å². The first kappa shape index (κ1) is 13.6. The first-order chi connectivity index (χ1) is 11.3. The molecule has 0 amide bonds. The SMILES string of the molecule is Fc1cccc(Cc2nc3cccnc3n2-c2cccnc2)c1. The van der Waals surface area contributed by atoms with E-state index in [1.807, 2.05) is 34.9 Å². The molecule has 4 nitrogen and oxygen atoms in total. The van der Waals surface area contributed by atoms with Crippen LogP contribution in [0.1, 0.15) is 11.4 Å². The largest absolute Gasteiger partial charge is 0.279 e. The Hall–Kier alpha value is -3.08. The van der Waals surface area contributed by atoms with E-state index >= 15 is 0 Å². The summed E-state index contributed by atoms with van der Waals surface area (Å²) >= 11 is 0. The number of rotatable bonds is 3. The van der Waals surface area contributed by atoms with Gasteiger partial charge in [-0.3, -0.25) is 9.55 Å². The Labute approximate surface area is 132 Å². The normalized spacial score (nSPS) is 11.0. The third-order valence-electron chi connectivity index (χ3n) is 3.64. The minimum Gasteiger partial charge on any atom is -0.279 e. The molecule has 0 saturated heterocycles. The molecule has 0 aliphatic rings. The Kier molecular flexibility index (Phi) is 3.31. The minimum atomic E-state index is -0.246. The van der Waals surface area contributed by atoms with Crippen molar-refractivity contribution in [2.24, 2.45) is 0 Å². The summed E-state index contributed by atoms with van der Waals surface area (Å²) in [5.74, 6) is 0.557. The second-order valence-corrected chi connectivity index (χ2v) is 5.23. The van der Waals surface area contributed by atoms with Crippen molar-refractivity contribution in [3.63, 3.8) is 0 Å². The molecule has 1 aromatic carbocycles. The van der Waals surface area contributed by atoms with Gasteiger partial charge in [0.05, 0.1) is 11.9 Å². The molecule has 0 radical (unpaired) electrons. The zero-order chi connectivity index (χ0) is 15.6. The van der Waals surface area contributed by atoms with E-state index in [4.69, 9.17) is 0 Å². The first-order valence-corrected chi connectivity index (χ1v) is 7.28. The Morgan fingerprint density at radius 3 is 2.74 bits per heavy atom. The van der Waals surface area contributed by atoms with E-state index in [2.05, 4.69) is 15.0 Å². The highest BCUT2D eigenvalue weighted by Gasteiger charge is 2.14. The summed E-state index contributed by atoms with van der Waals surface area (Å²) in [6.07, 6.45) is 5.75. The van der Waals surface area contributed by atoms with Crippen LogP contribution in [0.3, 0.4) is 0 Å². The van der Waals surface area contributed by atoms with E-state index in [1.165, 1.54) is 12.1 Å². The van der Waals surface area contributed by atoms with Crippen LogP contribution in [-0.4, -0.2) is 19.5 Å². The van der Waals surface area contributed by atoms with Crippen LogP contribution in [0.25, 0.3) is 16.9 Å². The predicted molar refractivity (Wildman–Crippen MR) is 85.9 cm³/mol. The molecule has 3 heterocycles. The molecule has 4 rings (SSSR count). The van der Waals surface area contributed by atoms with E-state index in [9.17, 15) is 4.39 Å². The van der Waals surface area contributed by atoms with Gasteiger partial charge >= 0.3 is 0 Å². The Bertz CT molecular complexity index is 963. The van der Waals surface area contributed by atoms with Gasteiger partial charge in [0.15, 0.2) is 5.65 Å². The van der Waals surface area contributed by atoms with Crippen LogP contribution in [0, 0.1) is 5.82 Å². The molecule has 0 spiro atoms. The van der Waals surface area contributed by atoms with Crippen LogP contribution < -0.4 is 0 Å². The molecule has 0 aliphatic carbocycles. The molecule has 0 atom stereocenters. The minimum absolute atomic E-state index is 0.246. The summed E-state index contributed by atoms with van der Waals surface area (Å²) in [6, 6.07) is 14.2. The lowest BCUT2D eigenvalue weighted by Gasteiger charge is -2.08. The van der Waals surface area contributed by atoms with Crippen LogP contribution in [-0.2, 0) is 6.42 Å². The summed E-state index contributed by atoms with van der Waals surface area (Å²) < 4.78 is 15.4. The van der Waals surface area contributed by atoms with Gasteiger partial charge in [-0.2, -0.15) is 0 Å². The smallest absolute Gasteiger partial charge is 0.164 e. The number of pyridine rings is 2. The molecule has 5 heteroatoms. The fraction of sp³-hybridized carbons (Fsp3) is 0.0556. The number of halogens is 1. The monoisotopic (exact) mass is 304 g/mol. The number of hydrogen-bond acceptors (Lipinski definition) is 3. The van der Waals surface area contributed by atoms with Gasteiger partial charge in [-0.1, -0.05) is 12.1 Å². The standard InChI is InChI=1S/C18H13FN4/c19-14-5-1-4-13(10-14)11-17-22-16-7-3-9-21-18(16)23(17)15-6-2-8-20-12-15/h1-10,12H,11H2. The molecule has 112 valence electrons.